The molecule has 0 aromatic carbocycles. The monoisotopic (exact) mass is 198 g/mol. The molecule has 1 rings (SSSR count). The lowest BCUT2D eigenvalue weighted by Gasteiger charge is -1.92. The van der Waals surface area contributed by atoms with E-state index in [0.717, 1.165) is 10.7 Å². The molecule has 0 fully saturated rings. The Morgan fingerprint density at radius 2 is 2.17 bits per heavy atom. The highest BCUT2D eigenvalue weighted by Crippen LogP contribution is 2.05. The van der Waals surface area contributed by atoms with Crippen molar-refractivity contribution in [1.82, 2.24) is 9.97 Å². The van der Waals surface area contributed by atoms with Crippen molar-refractivity contribution in [2.75, 3.05) is 12.1 Å². The number of aromatic nitrogens is 2. The van der Waals surface area contributed by atoms with Gasteiger partial charge in [-0.25, -0.2) is 9.97 Å². The van der Waals surface area contributed by atoms with E-state index >= 15 is 0 Å². The third-order valence-corrected chi connectivity index (χ3v) is 1.82. The van der Waals surface area contributed by atoms with Gasteiger partial charge in [0.05, 0.1) is 11.4 Å². The second kappa shape index (κ2) is 5.02. The molecule has 0 spiro atoms. The average molecular weight is 199 g/mol. The van der Waals surface area contributed by atoms with Crippen molar-refractivity contribution in [3.8, 4) is 11.8 Å². The van der Waals surface area contributed by atoms with Crippen molar-refractivity contribution >= 4 is 23.4 Å². The van der Waals surface area contributed by atoms with Crippen molar-refractivity contribution in [2.45, 2.75) is 5.16 Å². The molecule has 0 saturated carbocycles. The molecule has 0 aliphatic rings. The fourth-order valence-corrected chi connectivity index (χ4v) is 1.00. The van der Waals surface area contributed by atoms with Crippen LogP contribution in [0, 0.1) is 11.8 Å². The summed E-state index contributed by atoms with van der Waals surface area (Å²) < 4.78 is 0. The third kappa shape index (κ3) is 2.72. The van der Waals surface area contributed by atoms with Crippen LogP contribution in [0.4, 0.5) is 0 Å². The highest BCUT2D eigenvalue weighted by atomic mass is 35.5. The molecule has 4 heteroatoms. The van der Waals surface area contributed by atoms with Crippen LogP contribution in [0.25, 0.3) is 0 Å². The number of thioether (sulfide) groups is 1. The number of hydrogen-bond donors (Lipinski definition) is 0. The summed E-state index contributed by atoms with van der Waals surface area (Å²) in [5.41, 5.74) is 0.799. The maximum atomic E-state index is 5.39. The predicted octanol–water partition coefficient (Wildman–Crippen LogP) is 1.79. The Hall–Kier alpha value is -0.720. The van der Waals surface area contributed by atoms with Gasteiger partial charge >= 0.3 is 0 Å². The van der Waals surface area contributed by atoms with E-state index in [2.05, 4.69) is 21.8 Å². The summed E-state index contributed by atoms with van der Waals surface area (Å²) in [5.74, 6) is 5.90. The first-order valence-corrected chi connectivity index (χ1v) is 5.03. The van der Waals surface area contributed by atoms with E-state index in [1.165, 1.54) is 11.8 Å². The first-order valence-electron chi connectivity index (χ1n) is 3.27. The molecule has 0 atom stereocenters. The minimum Gasteiger partial charge on any atom is -0.230 e. The van der Waals surface area contributed by atoms with Crippen LogP contribution in [0.2, 0.25) is 0 Å². The maximum absolute atomic E-state index is 5.39. The highest BCUT2D eigenvalue weighted by Gasteiger charge is 1.91. The van der Waals surface area contributed by atoms with E-state index in [1.807, 2.05) is 6.26 Å². The van der Waals surface area contributed by atoms with Crippen molar-refractivity contribution in [2.24, 2.45) is 0 Å². The van der Waals surface area contributed by atoms with Gasteiger partial charge in [0.15, 0.2) is 5.16 Å². The number of alkyl halides is 1. The molecule has 1 aromatic heterocycles. The van der Waals surface area contributed by atoms with Gasteiger partial charge in [-0.1, -0.05) is 23.6 Å². The summed E-state index contributed by atoms with van der Waals surface area (Å²) in [6.07, 6.45) is 5.32. The van der Waals surface area contributed by atoms with E-state index in [0.29, 0.717) is 5.88 Å². The quantitative estimate of drug-likeness (QED) is 0.298. The molecule has 0 aliphatic heterocycles. The van der Waals surface area contributed by atoms with Crippen LogP contribution in [0.3, 0.4) is 0 Å². The SMILES string of the molecule is CSc1ncc(C#CCCl)cn1. The molecule has 0 radical (unpaired) electrons. The van der Waals surface area contributed by atoms with Crippen LogP contribution in [-0.4, -0.2) is 22.1 Å². The first-order chi connectivity index (χ1) is 5.86. The van der Waals surface area contributed by atoms with Gasteiger partial charge < -0.3 is 0 Å². The molecular formula is C8H7ClN2S. The lowest BCUT2D eigenvalue weighted by atomic mass is 10.3. The second-order valence-corrected chi connectivity index (χ2v) is 2.93. The van der Waals surface area contributed by atoms with Crippen LogP contribution >= 0.6 is 23.4 Å². The Labute approximate surface area is 80.8 Å². The molecule has 0 amide bonds. The number of rotatable bonds is 1. The molecule has 1 aromatic rings. The maximum Gasteiger partial charge on any atom is 0.187 e. The minimum absolute atomic E-state index is 0.338. The number of nitrogens with zero attached hydrogens (tertiary/aromatic N) is 2. The Bertz CT molecular complexity index is 299. The smallest absolute Gasteiger partial charge is 0.187 e. The van der Waals surface area contributed by atoms with Gasteiger partial charge in [0.1, 0.15) is 0 Å². The lowest BCUT2D eigenvalue weighted by molar-refractivity contribution is 0.965. The second-order valence-electron chi connectivity index (χ2n) is 1.89. The Morgan fingerprint density at radius 1 is 1.50 bits per heavy atom. The van der Waals surface area contributed by atoms with Gasteiger partial charge in [0, 0.05) is 12.4 Å². The van der Waals surface area contributed by atoms with Gasteiger partial charge in [0.2, 0.25) is 0 Å². The van der Waals surface area contributed by atoms with Crippen LogP contribution < -0.4 is 0 Å². The van der Waals surface area contributed by atoms with Crippen LogP contribution in [-0.2, 0) is 0 Å². The fourth-order valence-electron chi connectivity index (χ4n) is 0.622. The summed E-state index contributed by atoms with van der Waals surface area (Å²) in [6.45, 7) is 0. The highest BCUT2D eigenvalue weighted by molar-refractivity contribution is 7.98. The van der Waals surface area contributed by atoms with Gasteiger partial charge in [0.25, 0.3) is 0 Å². The van der Waals surface area contributed by atoms with E-state index in [9.17, 15) is 0 Å². The molecule has 0 aliphatic carbocycles. The zero-order valence-corrected chi connectivity index (χ0v) is 8.11. The molecule has 12 heavy (non-hydrogen) atoms. The van der Waals surface area contributed by atoms with Gasteiger partial charge in [-0.05, 0) is 6.26 Å². The number of hydrogen-bond acceptors (Lipinski definition) is 3. The summed E-state index contributed by atoms with van der Waals surface area (Å²) in [7, 11) is 0. The average Bonchev–Trinajstić information content (AvgIpc) is 2.15. The van der Waals surface area contributed by atoms with Crippen LogP contribution in [0.15, 0.2) is 17.6 Å². The zero-order chi connectivity index (χ0) is 8.81. The Balaban J connectivity index is 2.78. The molecular weight excluding hydrogens is 192 g/mol. The Morgan fingerprint density at radius 3 is 2.67 bits per heavy atom. The zero-order valence-electron chi connectivity index (χ0n) is 6.54. The summed E-state index contributed by atoms with van der Waals surface area (Å²) in [5, 5.41) is 0.756. The summed E-state index contributed by atoms with van der Waals surface area (Å²) in [6, 6.07) is 0. The van der Waals surface area contributed by atoms with Crippen molar-refractivity contribution in [3.63, 3.8) is 0 Å². The largest absolute Gasteiger partial charge is 0.230 e. The molecule has 0 unspecified atom stereocenters. The summed E-state index contributed by atoms with van der Waals surface area (Å²) >= 11 is 6.90. The molecule has 0 N–H and O–H groups in total. The standard InChI is InChI=1S/C8H7ClN2S/c1-12-8-10-5-7(6-11-8)3-2-4-9/h5-6H,4H2,1H3. The van der Waals surface area contributed by atoms with E-state index < -0.39 is 0 Å². The van der Waals surface area contributed by atoms with Crippen LogP contribution in [0.1, 0.15) is 5.56 Å². The summed E-state index contributed by atoms with van der Waals surface area (Å²) in [4.78, 5) is 8.11. The first kappa shape index (κ1) is 9.37. The minimum atomic E-state index is 0.338. The van der Waals surface area contributed by atoms with Crippen molar-refractivity contribution in [3.05, 3.63) is 18.0 Å². The van der Waals surface area contributed by atoms with Crippen LogP contribution in [0.5, 0.6) is 0 Å². The van der Waals surface area contributed by atoms with Crippen molar-refractivity contribution < 1.29 is 0 Å². The van der Waals surface area contributed by atoms with E-state index in [4.69, 9.17) is 11.6 Å². The Kier molecular flexibility index (Phi) is 3.92. The van der Waals surface area contributed by atoms with Gasteiger partial charge in [-0.2, -0.15) is 0 Å². The molecule has 62 valence electrons. The lowest BCUT2D eigenvalue weighted by Crippen LogP contribution is -1.85. The fraction of sp³-hybridized carbons (Fsp3) is 0.250. The predicted molar refractivity (Wildman–Crippen MR) is 51.4 cm³/mol. The third-order valence-electron chi connectivity index (χ3n) is 1.11. The van der Waals surface area contributed by atoms with Gasteiger partial charge in [-0.3, -0.25) is 0 Å². The van der Waals surface area contributed by atoms with Gasteiger partial charge in [-0.15, -0.1) is 11.6 Å². The van der Waals surface area contributed by atoms with E-state index in [-0.39, 0.29) is 0 Å². The molecule has 0 saturated heterocycles. The van der Waals surface area contributed by atoms with Crippen molar-refractivity contribution in [1.29, 1.82) is 0 Å². The normalized spacial score (nSPS) is 8.83. The van der Waals surface area contributed by atoms with E-state index in [1.54, 1.807) is 12.4 Å². The topological polar surface area (TPSA) is 25.8 Å². The molecule has 1 heterocycles. The molecule has 0 bridgehead atoms. The molecule has 2 nitrogen and oxygen atoms in total. The number of halogens is 1.